The molecule has 0 saturated heterocycles. The highest BCUT2D eigenvalue weighted by atomic mass is 32.2. The van der Waals surface area contributed by atoms with Gasteiger partial charge in [-0.2, -0.15) is 0 Å². The summed E-state index contributed by atoms with van der Waals surface area (Å²) in [6.45, 7) is 2.21. The first-order chi connectivity index (χ1) is 6.36. The van der Waals surface area contributed by atoms with E-state index in [4.69, 9.17) is 4.74 Å². The van der Waals surface area contributed by atoms with Gasteiger partial charge in [-0.1, -0.05) is 19.4 Å². The van der Waals surface area contributed by atoms with Crippen LogP contribution in [0.3, 0.4) is 0 Å². The minimum absolute atomic E-state index is 0.946. The molecule has 0 atom stereocenters. The molecule has 0 aliphatic carbocycles. The largest absolute Gasteiger partial charge is 0.497 e. The first-order valence-corrected chi connectivity index (χ1v) is 5.62. The van der Waals surface area contributed by atoms with Gasteiger partial charge in [-0.25, -0.2) is 0 Å². The van der Waals surface area contributed by atoms with E-state index in [1.807, 2.05) is 23.9 Å². The highest BCUT2D eigenvalue weighted by Crippen LogP contribution is 2.23. The van der Waals surface area contributed by atoms with Crippen LogP contribution < -0.4 is 4.74 Å². The molecule has 0 fully saturated rings. The van der Waals surface area contributed by atoms with Crippen LogP contribution in [-0.2, 0) is 0 Å². The lowest BCUT2D eigenvalue weighted by molar-refractivity contribution is 0.413. The van der Waals surface area contributed by atoms with E-state index < -0.39 is 0 Å². The van der Waals surface area contributed by atoms with Gasteiger partial charge in [0, 0.05) is 4.90 Å². The molecule has 0 spiro atoms. The van der Waals surface area contributed by atoms with Gasteiger partial charge >= 0.3 is 0 Å². The van der Waals surface area contributed by atoms with Crippen molar-refractivity contribution in [2.24, 2.45) is 0 Å². The van der Waals surface area contributed by atoms with Crippen molar-refractivity contribution in [2.45, 2.75) is 24.7 Å². The van der Waals surface area contributed by atoms with E-state index in [2.05, 4.69) is 19.1 Å². The zero-order valence-corrected chi connectivity index (χ0v) is 9.06. The van der Waals surface area contributed by atoms with Gasteiger partial charge in [0.15, 0.2) is 0 Å². The van der Waals surface area contributed by atoms with E-state index in [9.17, 15) is 0 Å². The molecular weight excluding hydrogens is 180 g/mol. The number of benzene rings is 1. The SMILES string of the molecule is CCCCSc1cccc(OC)c1. The van der Waals surface area contributed by atoms with Crippen molar-refractivity contribution in [1.82, 2.24) is 0 Å². The van der Waals surface area contributed by atoms with Crippen LogP contribution in [0, 0.1) is 0 Å². The molecule has 0 radical (unpaired) electrons. The molecule has 0 amide bonds. The third-order valence-corrected chi connectivity index (χ3v) is 2.89. The van der Waals surface area contributed by atoms with Crippen molar-refractivity contribution < 1.29 is 4.74 Å². The van der Waals surface area contributed by atoms with Crippen molar-refractivity contribution in [1.29, 1.82) is 0 Å². The Morgan fingerprint density at radius 1 is 1.38 bits per heavy atom. The van der Waals surface area contributed by atoms with Crippen LogP contribution in [0.4, 0.5) is 0 Å². The number of ether oxygens (including phenoxy) is 1. The minimum Gasteiger partial charge on any atom is -0.497 e. The van der Waals surface area contributed by atoms with Gasteiger partial charge in [0.05, 0.1) is 7.11 Å². The smallest absolute Gasteiger partial charge is 0.119 e. The first-order valence-electron chi connectivity index (χ1n) is 4.63. The maximum Gasteiger partial charge on any atom is 0.119 e. The van der Waals surface area contributed by atoms with Gasteiger partial charge < -0.3 is 4.74 Å². The van der Waals surface area contributed by atoms with E-state index in [-0.39, 0.29) is 0 Å². The Labute approximate surface area is 84.5 Å². The average Bonchev–Trinajstić information content (AvgIpc) is 2.19. The summed E-state index contributed by atoms with van der Waals surface area (Å²) in [6, 6.07) is 8.22. The molecule has 72 valence electrons. The number of hydrogen-bond donors (Lipinski definition) is 0. The molecule has 13 heavy (non-hydrogen) atoms. The third kappa shape index (κ3) is 3.73. The summed E-state index contributed by atoms with van der Waals surface area (Å²) in [7, 11) is 1.70. The molecule has 1 rings (SSSR count). The fraction of sp³-hybridized carbons (Fsp3) is 0.455. The van der Waals surface area contributed by atoms with E-state index in [0.29, 0.717) is 0 Å². The number of thioether (sulfide) groups is 1. The summed E-state index contributed by atoms with van der Waals surface area (Å²) in [4.78, 5) is 1.30. The molecule has 0 unspecified atom stereocenters. The Hall–Kier alpha value is -0.630. The average molecular weight is 196 g/mol. The lowest BCUT2D eigenvalue weighted by atomic mass is 10.3. The lowest BCUT2D eigenvalue weighted by Gasteiger charge is -2.03. The predicted molar refractivity (Wildman–Crippen MR) is 58.6 cm³/mol. The van der Waals surface area contributed by atoms with Crippen LogP contribution in [0.2, 0.25) is 0 Å². The van der Waals surface area contributed by atoms with Gasteiger partial charge in [-0.3, -0.25) is 0 Å². The van der Waals surface area contributed by atoms with Crippen LogP contribution in [0.25, 0.3) is 0 Å². The fourth-order valence-corrected chi connectivity index (χ4v) is 2.07. The summed E-state index contributed by atoms with van der Waals surface area (Å²) in [5, 5.41) is 0. The number of hydrogen-bond acceptors (Lipinski definition) is 2. The van der Waals surface area contributed by atoms with Gasteiger partial charge in [0.2, 0.25) is 0 Å². The Morgan fingerprint density at radius 3 is 2.92 bits per heavy atom. The standard InChI is InChI=1S/C11H16OS/c1-3-4-8-13-11-7-5-6-10(9-11)12-2/h5-7,9H,3-4,8H2,1-2H3. The van der Waals surface area contributed by atoms with Crippen LogP contribution >= 0.6 is 11.8 Å². The molecule has 0 heterocycles. The Balaban J connectivity index is 2.46. The zero-order valence-electron chi connectivity index (χ0n) is 8.25. The minimum atomic E-state index is 0.946. The maximum absolute atomic E-state index is 5.15. The highest BCUT2D eigenvalue weighted by molar-refractivity contribution is 7.99. The summed E-state index contributed by atoms with van der Waals surface area (Å²) in [6.07, 6.45) is 2.54. The van der Waals surface area contributed by atoms with Crippen molar-refractivity contribution in [3.8, 4) is 5.75 Å². The van der Waals surface area contributed by atoms with Gasteiger partial charge in [-0.15, -0.1) is 11.8 Å². The van der Waals surface area contributed by atoms with Crippen molar-refractivity contribution in [3.05, 3.63) is 24.3 Å². The Bertz CT molecular complexity index is 248. The summed E-state index contributed by atoms with van der Waals surface area (Å²) in [5.74, 6) is 2.14. The molecule has 2 heteroatoms. The maximum atomic E-state index is 5.15. The monoisotopic (exact) mass is 196 g/mol. The predicted octanol–water partition coefficient (Wildman–Crippen LogP) is 3.59. The van der Waals surface area contributed by atoms with Crippen molar-refractivity contribution in [2.75, 3.05) is 12.9 Å². The molecule has 0 aromatic heterocycles. The van der Waals surface area contributed by atoms with Crippen molar-refractivity contribution in [3.63, 3.8) is 0 Å². The Morgan fingerprint density at radius 2 is 2.23 bits per heavy atom. The Kier molecular flexibility index (Phi) is 4.76. The zero-order chi connectivity index (χ0) is 9.52. The van der Waals surface area contributed by atoms with E-state index >= 15 is 0 Å². The molecule has 1 aromatic rings. The van der Waals surface area contributed by atoms with Gasteiger partial charge in [0.1, 0.15) is 5.75 Å². The normalized spacial score (nSPS) is 10.0. The van der Waals surface area contributed by atoms with Crippen LogP contribution in [0.15, 0.2) is 29.2 Å². The molecule has 0 saturated carbocycles. The van der Waals surface area contributed by atoms with Crippen molar-refractivity contribution >= 4 is 11.8 Å². The molecule has 1 nitrogen and oxygen atoms in total. The topological polar surface area (TPSA) is 9.23 Å². The van der Waals surface area contributed by atoms with Crippen LogP contribution in [-0.4, -0.2) is 12.9 Å². The second-order valence-corrected chi connectivity index (χ2v) is 4.05. The summed E-state index contributed by atoms with van der Waals surface area (Å²) in [5.41, 5.74) is 0. The molecule has 1 aromatic carbocycles. The molecule has 0 aliphatic heterocycles. The van der Waals surface area contributed by atoms with E-state index in [1.165, 1.54) is 23.5 Å². The lowest BCUT2D eigenvalue weighted by Crippen LogP contribution is -1.83. The molecule has 0 bridgehead atoms. The van der Waals surface area contributed by atoms with E-state index in [1.54, 1.807) is 7.11 Å². The quantitative estimate of drug-likeness (QED) is 0.526. The third-order valence-electron chi connectivity index (χ3n) is 1.81. The summed E-state index contributed by atoms with van der Waals surface area (Å²) < 4.78 is 5.15. The van der Waals surface area contributed by atoms with E-state index in [0.717, 1.165) is 5.75 Å². The molecular formula is C11H16OS. The van der Waals surface area contributed by atoms with Gasteiger partial charge in [-0.05, 0) is 30.4 Å². The molecule has 0 N–H and O–H groups in total. The second-order valence-electron chi connectivity index (χ2n) is 2.88. The fourth-order valence-electron chi connectivity index (χ4n) is 1.03. The second kappa shape index (κ2) is 5.92. The number of methoxy groups -OCH3 is 1. The number of rotatable bonds is 5. The summed E-state index contributed by atoms with van der Waals surface area (Å²) >= 11 is 1.89. The number of unbranched alkanes of at least 4 members (excludes halogenated alkanes) is 1. The highest BCUT2D eigenvalue weighted by Gasteiger charge is 1.95. The first kappa shape index (κ1) is 10.5. The van der Waals surface area contributed by atoms with Gasteiger partial charge in [0.25, 0.3) is 0 Å². The van der Waals surface area contributed by atoms with Crippen LogP contribution in [0.1, 0.15) is 19.8 Å². The molecule has 0 aliphatic rings. The van der Waals surface area contributed by atoms with Crippen LogP contribution in [0.5, 0.6) is 5.75 Å².